The summed E-state index contributed by atoms with van der Waals surface area (Å²) in [6.45, 7) is 0. The van der Waals surface area contributed by atoms with Crippen molar-refractivity contribution in [2.75, 3.05) is 5.73 Å². The molecule has 0 atom stereocenters. The van der Waals surface area contributed by atoms with Gasteiger partial charge in [0.05, 0.1) is 10.6 Å². The molecule has 0 saturated heterocycles. The van der Waals surface area contributed by atoms with Crippen LogP contribution in [0.1, 0.15) is 0 Å². The molecule has 2 N–H and O–H groups in total. The molecule has 0 saturated carbocycles. The van der Waals surface area contributed by atoms with E-state index in [2.05, 4.69) is 4.98 Å². The predicted octanol–water partition coefficient (Wildman–Crippen LogP) is 3.73. The number of hydrogen-bond acceptors (Lipinski definition) is 3. The molecule has 1 aromatic heterocycles. The summed E-state index contributed by atoms with van der Waals surface area (Å²) in [4.78, 5) is 4.38. The van der Waals surface area contributed by atoms with Crippen molar-refractivity contribution in [3.05, 3.63) is 47.5 Å². The van der Waals surface area contributed by atoms with Crippen LogP contribution in [0, 0.1) is 0 Å². The van der Waals surface area contributed by atoms with Gasteiger partial charge in [0.25, 0.3) is 0 Å². The van der Waals surface area contributed by atoms with Crippen LogP contribution in [0.4, 0.5) is 5.69 Å². The average molecular weight is 245 g/mol. The summed E-state index contributed by atoms with van der Waals surface area (Å²) in [5, 5.41) is 0.618. The second-order valence-electron chi connectivity index (χ2n) is 3.73. The lowest BCUT2D eigenvalue weighted by Crippen LogP contribution is -1.81. The average Bonchev–Trinajstić information content (AvgIpc) is 2.72. The van der Waals surface area contributed by atoms with Gasteiger partial charge in [0.1, 0.15) is 5.52 Å². The van der Waals surface area contributed by atoms with Gasteiger partial charge in [0.2, 0.25) is 5.89 Å². The molecule has 2 aromatic carbocycles. The number of rotatable bonds is 1. The molecule has 3 nitrogen and oxygen atoms in total. The van der Waals surface area contributed by atoms with E-state index in [0.29, 0.717) is 22.2 Å². The second kappa shape index (κ2) is 3.79. The second-order valence-corrected chi connectivity index (χ2v) is 4.13. The number of aromatic nitrogens is 1. The topological polar surface area (TPSA) is 52.0 Å². The molecule has 0 amide bonds. The maximum absolute atomic E-state index is 6.09. The highest BCUT2D eigenvalue weighted by Gasteiger charge is 2.10. The Labute approximate surface area is 103 Å². The molecule has 84 valence electrons. The van der Waals surface area contributed by atoms with Gasteiger partial charge in [0, 0.05) is 11.8 Å². The Morgan fingerprint density at radius 1 is 1.12 bits per heavy atom. The van der Waals surface area contributed by atoms with E-state index < -0.39 is 0 Å². The van der Waals surface area contributed by atoms with Crippen molar-refractivity contribution in [2.24, 2.45) is 0 Å². The summed E-state index contributed by atoms with van der Waals surface area (Å²) in [6, 6.07) is 12.8. The van der Waals surface area contributed by atoms with E-state index in [-0.39, 0.29) is 0 Å². The standard InChI is InChI=1S/C13H9ClN2O/c14-10-4-2-1-3-9(10)13-16-11-6-5-8(15)7-12(11)17-13/h1-7H,15H2. The van der Waals surface area contributed by atoms with E-state index in [0.717, 1.165) is 11.1 Å². The van der Waals surface area contributed by atoms with Gasteiger partial charge < -0.3 is 10.2 Å². The molecule has 0 radical (unpaired) electrons. The Bertz CT molecular complexity index is 691. The van der Waals surface area contributed by atoms with E-state index in [1.165, 1.54) is 0 Å². The Morgan fingerprint density at radius 2 is 1.94 bits per heavy atom. The maximum Gasteiger partial charge on any atom is 0.228 e. The van der Waals surface area contributed by atoms with E-state index in [9.17, 15) is 0 Å². The van der Waals surface area contributed by atoms with Crippen LogP contribution in [0.2, 0.25) is 5.02 Å². The first kappa shape index (κ1) is 10.2. The Kier molecular flexibility index (Phi) is 2.27. The quantitative estimate of drug-likeness (QED) is 0.664. The largest absolute Gasteiger partial charge is 0.436 e. The number of nitrogen functional groups attached to an aromatic ring is 1. The van der Waals surface area contributed by atoms with Gasteiger partial charge in [-0.05, 0) is 24.3 Å². The minimum Gasteiger partial charge on any atom is -0.436 e. The van der Waals surface area contributed by atoms with Crippen molar-refractivity contribution in [3.8, 4) is 11.5 Å². The van der Waals surface area contributed by atoms with Crippen molar-refractivity contribution < 1.29 is 4.42 Å². The van der Waals surface area contributed by atoms with Crippen LogP contribution in [-0.2, 0) is 0 Å². The number of oxazole rings is 1. The molecular formula is C13H9ClN2O. The van der Waals surface area contributed by atoms with Crippen LogP contribution < -0.4 is 5.73 Å². The highest BCUT2D eigenvalue weighted by atomic mass is 35.5. The zero-order chi connectivity index (χ0) is 11.8. The molecular weight excluding hydrogens is 236 g/mol. The highest BCUT2D eigenvalue weighted by Crippen LogP contribution is 2.30. The van der Waals surface area contributed by atoms with Crippen molar-refractivity contribution in [1.29, 1.82) is 0 Å². The normalized spacial score (nSPS) is 10.9. The molecule has 3 aromatic rings. The summed E-state index contributed by atoms with van der Waals surface area (Å²) in [7, 11) is 0. The van der Waals surface area contributed by atoms with Gasteiger partial charge in [-0.15, -0.1) is 0 Å². The Balaban J connectivity index is 2.22. The first-order valence-corrected chi connectivity index (χ1v) is 5.53. The predicted molar refractivity (Wildman–Crippen MR) is 68.9 cm³/mol. The molecule has 4 heteroatoms. The van der Waals surface area contributed by atoms with Crippen molar-refractivity contribution in [3.63, 3.8) is 0 Å². The van der Waals surface area contributed by atoms with Gasteiger partial charge >= 0.3 is 0 Å². The first-order chi connectivity index (χ1) is 8.24. The van der Waals surface area contributed by atoms with Gasteiger partial charge in [-0.2, -0.15) is 0 Å². The minimum atomic E-state index is 0.510. The number of hydrogen-bond donors (Lipinski definition) is 1. The molecule has 0 fully saturated rings. The number of halogens is 1. The van der Waals surface area contributed by atoms with Gasteiger partial charge in [-0.1, -0.05) is 23.7 Å². The lowest BCUT2D eigenvalue weighted by molar-refractivity contribution is 0.620. The number of nitrogens with two attached hydrogens (primary N) is 1. The van der Waals surface area contributed by atoms with Crippen LogP contribution in [0.5, 0.6) is 0 Å². The molecule has 3 rings (SSSR count). The fourth-order valence-electron chi connectivity index (χ4n) is 1.69. The lowest BCUT2D eigenvalue weighted by Gasteiger charge is -1.96. The zero-order valence-electron chi connectivity index (χ0n) is 8.85. The van der Waals surface area contributed by atoms with E-state index in [4.69, 9.17) is 21.8 Å². The number of fused-ring (bicyclic) bond motifs is 1. The van der Waals surface area contributed by atoms with Crippen LogP contribution in [-0.4, -0.2) is 4.98 Å². The zero-order valence-corrected chi connectivity index (χ0v) is 9.61. The number of benzene rings is 2. The number of nitrogens with zero attached hydrogens (tertiary/aromatic N) is 1. The van der Waals surface area contributed by atoms with Crippen LogP contribution in [0.3, 0.4) is 0 Å². The molecule has 1 heterocycles. The molecule has 0 aliphatic rings. The summed E-state index contributed by atoms with van der Waals surface area (Å²) in [5.41, 5.74) is 8.56. The summed E-state index contributed by atoms with van der Waals surface area (Å²) in [6.07, 6.45) is 0. The third-order valence-corrected chi connectivity index (χ3v) is 2.85. The molecule has 0 unspecified atom stereocenters. The summed E-state index contributed by atoms with van der Waals surface area (Å²) >= 11 is 6.09. The summed E-state index contributed by atoms with van der Waals surface area (Å²) in [5.74, 6) is 0.510. The van der Waals surface area contributed by atoms with Gasteiger partial charge in [-0.25, -0.2) is 4.98 Å². The van der Waals surface area contributed by atoms with Crippen molar-refractivity contribution in [1.82, 2.24) is 4.98 Å². The van der Waals surface area contributed by atoms with E-state index in [1.54, 1.807) is 18.2 Å². The van der Waals surface area contributed by atoms with Crippen LogP contribution in [0.15, 0.2) is 46.9 Å². The molecule has 17 heavy (non-hydrogen) atoms. The van der Waals surface area contributed by atoms with Gasteiger partial charge in [-0.3, -0.25) is 0 Å². The van der Waals surface area contributed by atoms with Crippen LogP contribution >= 0.6 is 11.6 Å². The van der Waals surface area contributed by atoms with Crippen molar-refractivity contribution >= 4 is 28.4 Å². The first-order valence-electron chi connectivity index (χ1n) is 5.15. The van der Waals surface area contributed by atoms with E-state index >= 15 is 0 Å². The Morgan fingerprint density at radius 3 is 2.76 bits per heavy atom. The maximum atomic E-state index is 6.09. The van der Waals surface area contributed by atoms with Crippen LogP contribution in [0.25, 0.3) is 22.6 Å². The lowest BCUT2D eigenvalue weighted by atomic mass is 10.2. The third kappa shape index (κ3) is 1.74. The fraction of sp³-hybridized carbons (Fsp3) is 0. The highest BCUT2D eigenvalue weighted by molar-refractivity contribution is 6.33. The number of anilines is 1. The molecule has 0 bridgehead atoms. The fourth-order valence-corrected chi connectivity index (χ4v) is 1.91. The monoisotopic (exact) mass is 244 g/mol. The van der Waals surface area contributed by atoms with Crippen molar-refractivity contribution in [2.45, 2.75) is 0 Å². The molecule has 0 spiro atoms. The SMILES string of the molecule is Nc1ccc2nc(-c3ccccc3Cl)oc2c1. The van der Waals surface area contributed by atoms with E-state index in [1.807, 2.05) is 24.3 Å². The molecule has 0 aliphatic heterocycles. The third-order valence-electron chi connectivity index (χ3n) is 2.52. The minimum absolute atomic E-state index is 0.510. The summed E-state index contributed by atoms with van der Waals surface area (Å²) < 4.78 is 5.64. The Hall–Kier alpha value is -2.00. The smallest absolute Gasteiger partial charge is 0.228 e. The molecule has 0 aliphatic carbocycles. The van der Waals surface area contributed by atoms with Gasteiger partial charge in [0.15, 0.2) is 5.58 Å².